The van der Waals surface area contributed by atoms with Gasteiger partial charge in [-0.15, -0.1) is 0 Å². The molecule has 0 amide bonds. The maximum atomic E-state index is 13.0. The van der Waals surface area contributed by atoms with Crippen molar-refractivity contribution in [3.8, 4) is 11.3 Å². The Morgan fingerprint density at radius 2 is 1.70 bits per heavy atom. The van der Waals surface area contributed by atoms with Crippen molar-refractivity contribution < 1.29 is 4.92 Å². The number of hydrogen-bond donors (Lipinski definition) is 0. The lowest BCUT2D eigenvalue weighted by molar-refractivity contribution is -0.384. The lowest BCUT2D eigenvalue weighted by Gasteiger charge is -2.10. The van der Waals surface area contributed by atoms with E-state index in [-0.39, 0.29) is 5.69 Å². The van der Waals surface area contributed by atoms with Gasteiger partial charge >= 0.3 is 5.69 Å². The van der Waals surface area contributed by atoms with Crippen molar-refractivity contribution in [2.24, 2.45) is 14.1 Å². The highest BCUT2D eigenvalue weighted by atomic mass is 16.6. The van der Waals surface area contributed by atoms with Crippen LogP contribution in [0.3, 0.4) is 0 Å². The molecular weight excluding hydrogens is 384 g/mol. The summed E-state index contributed by atoms with van der Waals surface area (Å²) in [7, 11) is 3.05. The van der Waals surface area contributed by atoms with Crippen molar-refractivity contribution >= 4 is 16.6 Å². The van der Waals surface area contributed by atoms with Crippen LogP contribution in [0.2, 0.25) is 0 Å². The van der Waals surface area contributed by atoms with E-state index in [0.717, 1.165) is 10.1 Å². The largest absolute Gasteiger partial charge is 0.344 e. The molecule has 2 aromatic heterocycles. The summed E-state index contributed by atoms with van der Waals surface area (Å²) in [5.74, 6) is 0. The number of nitro groups is 1. The van der Waals surface area contributed by atoms with E-state index in [1.807, 2.05) is 34.9 Å². The first kappa shape index (κ1) is 19.4. The lowest BCUT2D eigenvalue weighted by Crippen LogP contribution is -2.36. The second kappa shape index (κ2) is 7.47. The average Bonchev–Trinajstić information content (AvgIpc) is 3.15. The van der Waals surface area contributed by atoms with Crippen molar-refractivity contribution in [2.75, 3.05) is 0 Å². The Labute approximate surface area is 171 Å². The molecule has 4 rings (SSSR count). The third-order valence-corrected chi connectivity index (χ3v) is 5.33. The topological polar surface area (TPSA) is 92.1 Å². The van der Waals surface area contributed by atoms with Gasteiger partial charge in [-0.25, -0.2) is 4.79 Å². The van der Waals surface area contributed by atoms with Gasteiger partial charge in [-0.3, -0.25) is 24.0 Å². The van der Waals surface area contributed by atoms with E-state index >= 15 is 0 Å². The van der Waals surface area contributed by atoms with Crippen molar-refractivity contribution in [1.29, 1.82) is 0 Å². The van der Waals surface area contributed by atoms with E-state index in [9.17, 15) is 19.7 Å². The van der Waals surface area contributed by atoms with Gasteiger partial charge < -0.3 is 4.57 Å². The number of nitro benzene ring substituents is 1. The summed E-state index contributed by atoms with van der Waals surface area (Å²) in [4.78, 5) is 36.2. The number of benzene rings is 2. The fraction of sp³-hybridized carbons (Fsp3) is 0.182. The molecule has 0 aliphatic rings. The highest BCUT2D eigenvalue weighted by Gasteiger charge is 2.20. The number of aryl methyl sites for hydroxylation is 3. The summed E-state index contributed by atoms with van der Waals surface area (Å²) in [6, 6.07) is 16.1. The van der Waals surface area contributed by atoms with Gasteiger partial charge in [0, 0.05) is 44.5 Å². The van der Waals surface area contributed by atoms with Crippen LogP contribution in [0, 0.1) is 10.1 Å². The lowest BCUT2D eigenvalue weighted by atomic mass is 10.1. The molecule has 0 radical (unpaired) electrons. The molecule has 0 unspecified atom stereocenters. The predicted molar refractivity (Wildman–Crippen MR) is 115 cm³/mol. The minimum absolute atomic E-state index is 0.0573. The molecule has 8 nitrogen and oxygen atoms in total. The van der Waals surface area contributed by atoms with Gasteiger partial charge in [-0.2, -0.15) is 0 Å². The first-order valence-electron chi connectivity index (χ1n) is 9.46. The van der Waals surface area contributed by atoms with Crippen molar-refractivity contribution in [3.05, 3.63) is 97.3 Å². The van der Waals surface area contributed by atoms with Crippen molar-refractivity contribution in [2.45, 2.75) is 13.0 Å². The smallest absolute Gasteiger partial charge is 0.330 e. The van der Waals surface area contributed by atoms with E-state index in [2.05, 4.69) is 0 Å². The molecule has 2 heterocycles. The summed E-state index contributed by atoms with van der Waals surface area (Å²) >= 11 is 0. The van der Waals surface area contributed by atoms with Gasteiger partial charge in [-0.05, 0) is 12.0 Å². The van der Waals surface area contributed by atoms with E-state index < -0.39 is 16.2 Å². The Bertz CT molecular complexity index is 1380. The molecule has 0 saturated carbocycles. The fourth-order valence-corrected chi connectivity index (χ4v) is 3.74. The normalized spacial score (nSPS) is 11.1. The second-order valence-corrected chi connectivity index (χ2v) is 7.18. The maximum Gasteiger partial charge on any atom is 0.330 e. The van der Waals surface area contributed by atoms with Gasteiger partial charge in [0.05, 0.1) is 21.5 Å². The van der Waals surface area contributed by atoms with E-state index in [4.69, 9.17) is 0 Å². The zero-order valence-corrected chi connectivity index (χ0v) is 16.6. The Kier molecular flexibility index (Phi) is 4.83. The average molecular weight is 404 g/mol. The van der Waals surface area contributed by atoms with Crippen molar-refractivity contribution in [3.63, 3.8) is 0 Å². The zero-order valence-electron chi connectivity index (χ0n) is 16.6. The van der Waals surface area contributed by atoms with E-state index in [0.29, 0.717) is 35.1 Å². The molecule has 0 saturated heterocycles. The van der Waals surface area contributed by atoms with E-state index in [1.54, 1.807) is 25.4 Å². The summed E-state index contributed by atoms with van der Waals surface area (Å²) in [5.41, 5.74) is 1.85. The highest BCUT2D eigenvalue weighted by molar-refractivity contribution is 5.94. The highest BCUT2D eigenvalue weighted by Crippen LogP contribution is 2.30. The molecule has 8 heteroatoms. The Morgan fingerprint density at radius 1 is 0.967 bits per heavy atom. The summed E-state index contributed by atoms with van der Waals surface area (Å²) in [5, 5.41) is 11.7. The van der Waals surface area contributed by atoms with Gasteiger partial charge in [0.1, 0.15) is 0 Å². The van der Waals surface area contributed by atoms with Crippen LogP contribution in [0.5, 0.6) is 0 Å². The molecule has 0 spiro atoms. The Hall–Kier alpha value is -3.94. The third kappa shape index (κ3) is 3.22. The van der Waals surface area contributed by atoms with Crippen LogP contribution in [0.1, 0.15) is 5.56 Å². The second-order valence-electron chi connectivity index (χ2n) is 7.18. The minimum atomic E-state index is -0.462. The van der Waals surface area contributed by atoms with Crippen LogP contribution in [0.15, 0.2) is 70.4 Å². The van der Waals surface area contributed by atoms with Crippen LogP contribution < -0.4 is 11.2 Å². The van der Waals surface area contributed by atoms with Crippen LogP contribution in [0.4, 0.5) is 5.69 Å². The molecule has 0 aliphatic carbocycles. The minimum Gasteiger partial charge on any atom is -0.344 e. The molecular formula is C22H20N4O4. The molecule has 0 N–H and O–H groups in total. The quantitative estimate of drug-likeness (QED) is 0.378. The standard InChI is InChI=1S/C22H20N4O4/c1-23-18-14-25(12-11-15-7-4-3-5-8-15)20(19(18)21(27)24(2)22(23)28)16-9-6-10-17(13-16)26(29)30/h3-10,13-14H,11-12H2,1-2H3. The van der Waals surface area contributed by atoms with Gasteiger partial charge in [-0.1, -0.05) is 42.5 Å². The number of non-ortho nitro benzene ring substituents is 1. The van der Waals surface area contributed by atoms with Crippen LogP contribution in [0.25, 0.3) is 22.2 Å². The third-order valence-electron chi connectivity index (χ3n) is 5.33. The number of hydrogen-bond acceptors (Lipinski definition) is 4. The first-order chi connectivity index (χ1) is 14.4. The molecule has 0 bridgehead atoms. The maximum absolute atomic E-state index is 13.0. The SMILES string of the molecule is Cn1c(=O)c2c(-c3cccc([N+](=O)[O-])c3)n(CCc3ccccc3)cc2n(C)c1=O. The number of aromatic nitrogens is 3. The Morgan fingerprint density at radius 3 is 2.40 bits per heavy atom. The molecule has 2 aromatic carbocycles. The van der Waals surface area contributed by atoms with E-state index in [1.165, 1.54) is 23.7 Å². The van der Waals surface area contributed by atoms with Gasteiger partial charge in [0.2, 0.25) is 0 Å². The van der Waals surface area contributed by atoms with Crippen molar-refractivity contribution in [1.82, 2.24) is 13.7 Å². The molecule has 4 aromatic rings. The number of rotatable bonds is 5. The zero-order chi connectivity index (χ0) is 21.4. The predicted octanol–water partition coefficient (Wildman–Crippen LogP) is 2.86. The summed E-state index contributed by atoms with van der Waals surface area (Å²) in [6.07, 6.45) is 2.48. The molecule has 0 aliphatic heterocycles. The van der Waals surface area contributed by atoms with Crippen LogP contribution >= 0.6 is 0 Å². The van der Waals surface area contributed by atoms with Gasteiger partial charge in [0.25, 0.3) is 11.2 Å². The van der Waals surface area contributed by atoms with Gasteiger partial charge in [0.15, 0.2) is 0 Å². The fourth-order valence-electron chi connectivity index (χ4n) is 3.74. The molecule has 0 atom stereocenters. The summed E-state index contributed by atoms with van der Waals surface area (Å²) < 4.78 is 4.39. The molecule has 0 fully saturated rings. The monoisotopic (exact) mass is 404 g/mol. The van der Waals surface area contributed by atoms with Crippen LogP contribution in [-0.2, 0) is 27.1 Å². The number of fused-ring (bicyclic) bond motifs is 1. The number of nitrogens with zero attached hydrogens (tertiary/aromatic N) is 4. The molecule has 152 valence electrons. The Balaban J connectivity index is 1.97. The molecule has 30 heavy (non-hydrogen) atoms. The summed E-state index contributed by atoms with van der Waals surface area (Å²) in [6.45, 7) is 0.550. The first-order valence-corrected chi connectivity index (χ1v) is 9.46. The van der Waals surface area contributed by atoms with Crippen LogP contribution in [-0.4, -0.2) is 18.6 Å².